The molecule has 1 heterocycles. The molecule has 0 unspecified atom stereocenters. The quantitative estimate of drug-likeness (QED) is 0.782. The summed E-state index contributed by atoms with van der Waals surface area (Å²) in [5, 5.41) is 11.5. The monoisotopic (exact) mass is 370 g/mol. The highest BCUT2D eigenvalue weighted by atomic mass is 19.4. The first kappa shape index (κ1) is 20.0. The van der Waals surface area contributed by atoms with Crippen molar-refractivity contribution in [1.82, 2.24) is 9.80 Å². The second kappa shape index (κ2) is 9.40. The molecule has 0 aliphatic carbocycles. The first-order valence-electron chi connectivity index (χ1n) is 8.30. The van der Waals surface area contributed by atoms with Crippen molar-refractivity contribution >= 4 is 11.7 Å². The Balaban J connectivity index is 1.64. The van der Waals surface area contributed by atoms with Crippen molar-refractivity contribution in [2.75, 3.05) is 51.3 Å². The van der Waals surface area contributed by atoms with Crippen LogP contribution in [0, 0.1) is 11.3 Å². The summed E-state index contributed by atoms with van der Waals surface area (Å²) in [6.45, 7) is 1.93. The second-order valence-corrected chi connectivity index (χ2v) is 5.97. The van der Waals surface area contributed by atoms with Crippen LogP contribution in [0.2, 0.25) is 0 Å². The third-order valence-corrected chi connectivity index (χ3v) is 3.95. The highest BCUT2D eigenvalue weighted by Gasteiger charge is 2.27. The van der Waals surface area contributed by atoms with Crippen molar-refractivity contribution in [1.29, 1.82) is 5.26 Å². The van der Waals surface area contributed by atoms with Crippen LogP contribution < -0.4 is 5.32 Å². The summed E-state index contributed by atoms with van der Waals surface area (Å²) in [6, 6.07) is 8.42. The van der Waals surface area contributed by atoms with Gasteiger partial charge in [0.25, 0.3) is 0 Å². The lowest BCUT2D eigenvalue weighted by atomic mass is 10.2. The third kappa shape index (κ3) is 6.90. The average Bonchev–Trinajstić information content (AvgIpc) is 2.61. The summed E-state index contributed by atoms with van der Waals surface area (Å²) in [5.41, 5.74) is 1.15. The number of hydrogen-bond donors (Lipinski definition) is 1. The van der Waals surface area contributed by atoms with E-state index in [1.807, 2.05) is 6.07 Å². The Labute approximate surface area is 150 Å². The molecule has 2 rings (SSSR count). The van der Waals surface area contributed by atoms with Crippen molar-refractivity contribution in [2.24, 2.45) is 0 Å². The first-order chi connectivity index (χ1) is 12.4. The maximum Gasteiger partial charge on any atom is 0.411 e. The van der Waals surface area contributed by atoms with Gasteiger partial charge in [-0.15, -0.1) is 0 Å². The van der Waals surface area contributed by atoms with Gasteiger partial charge in [-0.1, -0.05) is 0 Å². The molecule has 1 fully saturated rings. The van der Waals surface area contributed by atoms with Crippen molar-refractivity contribution in [3.63, 3.8) is 0 Å². The lowest BCUT2D eigenvalue weighted by Crippen LogP contribution is -2.50. The van der Waals surface area contributed by atoms with Crippen molar-refractivity contribution < 1.29 is 22.7 Å². The molecule has 26 heavy (non-hydrogen) atoms. The first-order valence-corrected chi connectivity index (χ1v) is 8.30. The number of carbonyl (C=O) groups excluding carboxylic acids is 1. The zero-order valence-electron chi connectivity index (χ0n) is 14.3. The van der Waals surface area contributed by atoms with Crippen LogP contribution in [0.5, 0.6) is 0 Å². The van der Waals surface area contributed by atoms with E-state index < -0.39 is 12.8 Å². The SMILES string of the molecule is N#Cc1ccc(NC(=O)N2CCN(CCCOCC(F)(F)F)CC2)cc1. The number of nitriles is 1. The second-order valence-electron chi connectivity index (χ2n) is 5.97. The van der Waals surface area contributed by atoms with Gasteiger partial charge < -0.3 is 15.0 Å². The van der Waals surface area contributed by atoms with E-state index in [-0.39, 0.29) is 12.6 Å². The summed E-state index contributed by atoms with van der Waals surface area (Å²) in [7, 11) is 0. The van der Waals surface area contributed by atoms with Gasteiger partial charge in [-0.05, 0) is 30.7 Å². The predicted octanol–water partition coefficient (Wildman–Crippen LogP) is 2.68. The van der Waals surface area contributed by atoms with E-state index in [4.69, 9.17) is 5.26 Å². The van der Waals surface area contributed by atoms with E-state index in [1.165, 1.54) is 0 Å². The minimum atomic E-state index is -4.28. The summed E-state index contributed by atoms with van der Waals surface area (Å²) < 4.78 is 40.5. The van der Waals surface area contributed by atoms with E-state index in [9.17, 15) is 18.0 Å². The molecule has 1 aliphatic heterocycles. The largest absolute Gasteiger partial charge is 0.411 e. The predicted molar refractivity (Wildman–Crippen MR) is 89.7 cm³/mol. The summed E-state index contributed by atoms with van der Waals surface area (Å²) >= 11 is 0. The number of nitrogens with one attached hydrogen (secondary N) is 1. The third-order valence-electron chi connectivity index (χ3n) is 3.95. The topological polar surface area (TPSA) is 68.6 Å². The van der Waals surface area contributed by atoms with Gasteiger partial charge in [0, 0.05) is 45.0 Å². The zero-order chi connectivity index (χ0) is 19.0. The molecule has 1 N–H and O–H groups in total. The minimum Gasteiger partial charge on any atom is -0.372 e. The standard InChI is InChI=1S/C17H21F3N4O2/c18-17(19,20)13-26-11-1-6-23-7-9-24(10-8-23)16(25)22-15-4-2-14(12-21)3-5-15/h2-5H,1,6-11,13H2,(H,22,25). The highest BCUT2D eigenvalue weighted by Crippen LogP contribution is 2.14. The number of carbonyl (C=O) groups is 1. The Bertz CT molecular complexity index is 620. The summed E-state index contributed by atoms with van der Waals surface area (Å²) in [6.07, 6.45) is -3.76. The van der Waals surface area contributed by atoms with Gasteiger partial charge in [-0.25, -0.2) is 4.79 Å². The van der Waals surface area contributed by atoms with Gasteiger partial charge in [0.15, 0.2) is 0 Å². The number of hydrogen-bond acceptors (Lipinski definition) is 4. The van der Waals surface area contributed by atoms with Crippen LogP contribution in [0.4, 0.5) is 23.7 Å². The van der Waals surface area contributed by atoms with E-state index in [0.717, 1.165) is 0 Å². The number of alkyl halides is 3. The lowest BCUT2D eigenvalue weighted by molar-refractivity contribution is -0.174. The van der Waals surface area contributed by atoms with Gasteiger partial charge in [0.05, 0.1) is 11.6 Å². The number of rotatable bonds is 6. The van der Waals surface area contributed by atoms with Crippen LogP contribution in [0.1, 0.15) is 12.0 Å². The van der Waals surface area contributed by atoms with Crippen LogP contribution in [-0.4, -0.2) is 67.9 Å². The number of halogens is 3. The molecule has 1 aromatic carbocycles. The Morgan fingerprint density at radius 1 is 1.19 bits per heavy atom. The number of piperazine rings is 1. The number of nitrogens with zero attached hydrogens (tertiary/aromatic N) is 3. The molecule has 2 amide bonds. The van der Waals surface area contributed by atoms with E-state index in [2.05, 4.69) is 15.0 Å². The molecular weight excluding hydrogens is 349 g/mol. The number of ether oxygens (including phenoxy) is 1. The zero-order valence-corrected chi connectivity index (χ0v) is 14.3. The van der Waals surface area contributed by atoms with Crippen molar-refractivity contribution in [3.05, 3.63) is 29.8 Å². The lowest BCUT2D eigenvalue weighted by Gasteiger charge is -2.34. The van der Waals surface area contributed by atoms with Crippen LogP contribution in [0.3, 0.4) is 0 Å². The molecule has 0 radical (unpaired) electrons. The van der Waals surface area contributed by atoms with Crippen LogP contribution >= 0.6 is 0 Å². The Morgan fingerprint density at radius 3 is 2.42 bits per heavy atom. The molecule has 6 nitrogen and oxygen atoms in total. The maximum atomic E-state index is 12.2. The van der Waals surface area contributed by atoms with E-state index in [1.54, 1.807) is 29.2 Å². The van der Waals surface area contributed by atoms with E-state index in [0.29, 0.717) is 50.4 Å². The molecular formula is C17H21F3N4O2. The fourth-order valence-electron chi connectivity index (χ4n) is 2.58. The van der Waals surface area contributed by atoms with Gasteiger partial charge in [0.1, 0.15) is 6.61 Å². The molecule has 1 saturated heterocycles. The smallest absolute Gasteiger partial charge is 0.372 e. The molecule has 1 aromatic rings. The summed E-state index contributed by atoms with van der Waals surface area (Å²) in [5.74, 6) is 0. The molecule has 0 saturated carbocycles. The normalized spacial score (nSPS) is 15.5. The number of urea groups is 1. The van der Waals surface area contributed by atoms with Gasteiger partial charge in [-0.3, -0.25) is 4.90 Å². The molecule has 0 bridgehead atoms. The molecule has 142 valence electrons. The van der Waals surface area contributed by atoms with Gasteiger partial charge in [0.2, 0.25) is 0 Å². The molecule has 0 atom stereocenters. The number of benzene rings is 1. The van der Waals surface area contributed by atoms with Gasteiger partial charge >= 0.3 is 12.2 Å². The van der Waals surface area contributed by atoms with Crippen LogP contribution in [0.25, 0.3) is 0 Å². The van der Waals surface area contributed by atoms with Crippen molar-refractivity contribution in [3.8, 4) is 6.07 Å². The highest BCUT2D eigenvalue weighted by molar-refractivity contribution is 5.89. The van der Waals surface area contributed by atoms with Crippen molar-refractivity contribution in [2.45, 2.75) is 12.6 Å². The fraction of sp³-hybridized carbons (Fsp3) is 0.529. The summed E-state index contributed by atoms with van der Waals surface area (Å²) in [4.78, 5) is 16.0. The average molecular weight is 370 g/mol. The Hall–Kier alpha value is -2.31. The minimum absolute atomic E-state index is 0.0684. The molecule has 9 heteroatoms. The number of amides is 2. The van der Waals surface area contributed by atoms with Crippen LogP contribution in [0.15, 0.2) is 24.3 Å². The van der Waals surface area contributed by atoms with E-state index >= 15 is 0 Å². The fourth-order valence-corrected chi connectivity index (χ4v) is 2.58. The molecule has 0 spiro atoms. The molecule has 0 aromatic heterocycles. The maximum absolute atomic E-state index is 12.2. The number of anilines is 1. The Kier molecular flexibility index (Phi) is 7.24. The van der Waals surface area contributed by atoms with Crippen LogP contribution in [-0.2, 0) is 4.74 Å². The Morgan fingerprint density at radius 2 is 1.85 bits per heavy atom. The molecule has 1 aliphatic rings. The van der Waals surface area contributed by atoms with Gasteiger partial charge in [-0.2, -0.15) is 18.4 Å².